The van der Waals surface area contributed by atoms with Gasteiger partial charge in [0.15, 0.2) is 5.60 Å². The van der Waals surface area contributed by atoms with Gasteiger partial charge in [-0.1, -0.05) is 76.7 Å². The minimum atomic E-state index is -1.54. The van der Waals surface area contributed by atoms with Gasteiger partial charge in [0, 0.05) is 58.5 Å². The summed E-state index contributed by atoms with van der Waals surface area (Å²) in [4.78, 5) is 15.0. The molecule has 2 atom stereocenters. The van der Waals surface area contributed by atoms with Crippen LogP contribution in [0.15, 0.2) is 71.8 Å². The Bertz CT molecular complexity index is 1370. The summed E-state index contributed by atoms with van der Waals surface area (Å²) >= 11 is 25.5. The van der Waals surface area contributed by atoms with E-state index in [1.807, 2.05) is 30.3 Å². The van der Waals surface area contributed by atoms with Crippen LogP contribution < -0.4 is 5.73 Å². The van der Waals surface area contributed by atoms with E-state index in [1.54, 1.807) is 43.5 Å². The highest BCUT2D eigenvalue weighted by molar-refractivity contribution is 6.35. The van der Waals surface area contributed by atoms with Crippen molar-refractivity contribution < 1.29 is 19.0 Å². The van der Waals surface area contributed by atoms with Crippen LogP contribution in [-0.4, -0.2) is 44.2 Å². The van der Waals surface area contributed by atoms with Gasteiger partial charge in [-0.3, -0.25) is 4.79 Å². The molecule has 1 heterocycles. The molecule has 0 bridgehead atoms. The SMILES string of the molecule is COCCC[C@@](OC)(C(=O)N1N=C(c2cc(Cl)cc(Cl)c2)O[C@@]1(CCCN)c1ccccc1)c1cc(Cl)cc(Cl)c1. The summed E-state index contributed by atoms with van der Waals surface area (Å²) in [5.74, 6) is -0.298. The predicted molar refractivity (Wildman–Crippen MR) is 164 cm³/mol. The van der Waals surface area contributed by atoms with Crippen LogP contribution in [0.5, 0.6) is 0 Å². The summed E-state index contributed by atoms with van der Waals surface area (Å²) < 4.78 is 18.1. The smallest absolute Gasteiger partial charge is 0.283 e. The number of amides is 1. The molecule has 41 heavy (non-hydrogen) atoms. The lowest BCUT2D eigenvalue weighted by Gasteiger charge is -2.41. The predicted octanol–water partition coefficient (Wildman–Crippen LogP) is 7.38. The molecule has 4 rings (SSSR count). The lowest BCUT2D eigenvalue weighted by molar-refractivity contribution is -0.178. The molecule has 3 aromatic rings. The van der Waals surface area contributed by atoms with Gasteiger partial charge in [0.1, 0.15) is 0 Å². The van der Waals surface area contributed by atoms with Crippen molar-refractivity contribution in [1.82, 2.24) is 5.01 Å². The van der Waals surface area contributed by atoms with Gasteiger partial charge < -0.3 is 19.9 Å². The second-order valence-electron chi connectivity index (χ2n) is 9.61. The van der Waals surface area contributed by atoms with Crippen molar-refractivity contribution in [3.63, 3.8) is 0 Å². The van der Waals surface area contributed by atoms with Crippen LogP contribution in [0.3, 0.4) is 0 Å². The van der Waals surface area contributed by atoms with Crippen molar-refractivity contribution in [2.24, 2.45) is 10.8 Å². The zero-order valence-electron chi connectivity index (χ0n) is 22.7. The Morgan fingerprint density at radius 2 is 1.56 bits per heavy atom. The van der Waals surface area contributed by atoms with Crippen LogP contribution in [0.4, 0.5) is 0 Å². The van der Waals surface area contributed by atoms with Crippen LogP contribution in [0, 0.1) is 0 Å². The molecule has 2 N–H and O–H groups in total. The number of rotatable bonds is 12. The normalized spacial score (nSPS) is 18.1. The third kappa shape index (κ3) is 6.67. The number of nitrogens with two attached hydrogens (primary N) is 1. The summed E-state index contributed by atoms with van der Waals surface area (Å²) in [6.45, 7) is 0.765. The van der Waals surface area contributed by atoms with Crippen molar-refractivity contribution in [3.8, 4) is 0 Å². The summed E-state index contributed by atoms with van der Waals surface area (Å²) in [6, 6.07) is 19.3. The number of benzene rings is 3. The summed E-state index contributed by atoms with van der Waals surface area (Å²) in [5.41, 5.74) is 4.78. The van der Waals surface area contributed by atoms with Gasteiger partial charge in [-0.05, 0) is 67.8 Å². The van der Waals surface area contributed by atoms with Gasteiger partial charge in [0.25, 0.3) is 5.91 Å². The molecule has 0 saturated heterocycles. The van der Waals surface area contributed by atoms with Crippen LogP contribution in [-0.2, 0) is 30.3 Å². The number of carbonyl (C=O) groups excluding carboxylic acids is 1. The number of methoxy groups -OCH3 is 2. The van der Waals surface area contributed by atoms with Gasteiger partial charge in [-0.2, -0.15) is 5.01 Å². The van der Waals surface area contributed by atoms with E-state index < -0.39 is 17.2 Å². The first kappa shape index (κ1) is 31.6. The van der Waals surface area contributed by atoms with Gasteiger partial charge >= 0.3 is 0 Å². The van der Waals surface area contributed by atoms with Crippen molar-refractivity contribution in [2.75, 3.05) is 27.4 Å². The first-order chi connectivity index (χ1) is 19.7. The monoisotopic (exact) mass is 637 g/mol. The quantitative estimate of drug-likeness (QED) is 0.209. The molecule has 1 amide bonds. The molecule has 3 aromatic carbocycles. The fraction of sp³-hybridized carbons (Fsp3) is 0.333. The van der Waals surface area contributed by atoms with Crippen LogP contribution >= 0.6 is 46.4 Å². The zero-order chi connectivity index (χ0) is 29.6. The maximum atomic E-state index is 15.0. The average molecular weight is 639 g/mol. The number of ether oxygens (including phenoxy) is 3. The molecule has 0 aromatic heterocycles. The number of hydrogen-bond donors (Lipinski definition) is 1. The molecule has 7 nitrogen and oxygen atoms in total. The molecule has 0 saturated carbocycles. The van der Waals surface area contributed by atoms with E-state index in [0.29, 0.717) is 69.2 Å². The number of nitrogens with zero attached hydrogens (tertiary/aromatic N) is 2. The second-order valence-corrected chi connectivity index (χ2v) is 11.4. The molecule has 11 heteroatoms. The van der Waals surface area contributed by atoms with Crippen molar-refractivity contribution in [1.29, 1.82) is 0 Å². The zero-order valence-corrected chi connectivity index (χ0v) is 25.7. The average Bonchev–Trinajstić information content (AvgIpc) is 3.34. The minimum Gasteiger partial charge on any atom is -0.443 e. The lowest BCUT2D eigenvalue weighted by Crippen LogP contribution is -2.53. The van der Waals surface area contributed by atoms with Crippen LogP contribution in [0.25, 0.3) is 0 Å². The van der Waals surface area contributed by atoms with Gasteiger partial charge in [0.05, 0.1) is 0 Å². The Labute approximate surface area is 260 Å². The molecule has 0 radical (unpaired) electrons. The topological polar surface area (TPSA) is 86.4 Å². The van der Waals surface area contributed by atoms with E-state index in [1.165, 1.54) is 12.1 Å². The third-order valence-corrected chi connectivity index (χ3v) is 7.82. The van der Waals surface area contributed by atoms with E-state index in [4.69, 9.17) is 71.4 Å². The van der Waals surface area contributed by atoms with E-state index in [9.17, 15) is 4.79 Å². The number of halogens is 4. The molecule has 1 aliphatic heterocycles. The van der Waals surface area contributed by atoms with Crippen molar-refractivity contribution in [2.45, 2.75) is 37.0 Å². The molecule has 0 spiro atoms. The van der Waals surface area contributed by atoms with Crippen LogP contribution in [0.2, 0.25) is 20.1 Å². The maximum Gasteiger partial charge on any atom is 0.283 e. The van der Waals surface area contributed by atoms with Crippen molar-refractivity contribution >= 4 is 58.2 Å². The number of hydrazone groups is 1. The van der Waals surface area contributed by atoms with E-state index >= 15 is 0 Å². The second kappa shape index (κ2) is 13.7. The third-order valence-electron chi connectivity index (χ3n) is 6.95. The van der Waals surface area contributed by atoms with Gasteiger partial charge in [-0.15, -0.1) is 5.10 Å². The molecule has 0 unspecified atom stereocenters. The minimum absolute atomic E-state index is 0.176. The number of carbonyl (C=O) groups is 1. The number of hydrogen-bond acceptors (Lipinski definition) is 6. The van der Waals surface area contributed by atoms with Gasteiger partial charge in [0.2, 0.25) is 11.6 Å². The first-order valence-corrected chi connectivity index (χ1v) is 14.6. The Morgan fingerprint density at radius 1 is 0.951 bits per heavy atom. The lowest BCUT2D eigenvalue weighted by atomic mass is 9.86. The molecule has 218 valence electrons. The molecule has 0 aliphatic carbocycles. The van der Waals surface area contributed by atoms with E-state index in [0.717, 1.165) is 0 Å². The standard InChI is InChI=1S/C30H31Cl4N3O4/c1-39-13-7-10-29(40-2,22-16-25(33)19-26(34)17-22)28(38)37-30(11-6-12-35,21-8-4-3-5-9-21)41-27(36-37)20-14-23(31)18-24(32)15-20/h3-5,8-9,14-19H,6-7,10-13,35H2,1-2H3/t29-,30-/m0/s1. The fourth-order valence-electron chi connectivity index (χ4n) is 5.03. The Morgan fingerprint density at radius 3 is 2.12 bits per heavy atom. The Hall–Kier alpha value is -2.36. The fourth-order valence-corrected chi connectivity index (χ4v) is 6.08. The van der Waals surface area contributed by atoms with Crippen molar-refractivity contribution in [3.05, 3.63) is 104 Å². The Balaban J connectivity index is 1.95. The van der Waals surface area contributed by atoms with E-state index in [2.05, 4.69) is 0 Å². The highest BCUT2D eigenvalue weighted by Gasteiger charge is 2.55. The Kier molecular flexibility index (Phi) is 10.6. The molecular weight excluding hydrogens is 608 g/mol. The summed E-state index contributed by atoms with van der Waals surface area (Å²) in [6.07, 6.45) is 1.62. The van der Waals surface area contributed by atoms with Gasteiger partial charge in [-0.25, -0.2) is 0 Å². The van der Waals surface area contributed by atoms with E-state index in [-0.39, 0.29) is 12.3 Å². The molecule has 0 fully saturated rings. The molecule has 1 aliphatic rings. The highest BCUT2D eigenvalue weighted by Crippen LogP contribution is 2.45. The largest absolute Gasteiger partial charge is 0.443 e. The summed E-state index contributed by atoms with van der Waals surface area (Å²) in [5, 5.41) is 7.65. The first-order valence-electron chi connectivity index (χ1n) is 13.0. The summed E-state index contributed by atoms with van der Waals surface area (Å²) in [7, 11) is 3.07. The highest BCUT2D eigenvalue weighted by atomic mass is 35.5. The van der Waals surface area contributed by atoms with Crippen LogP contribution in [0.1, 0.15) is 42.4 Å². The molecular formula is C30H31Cl4N3O4. The maximum absolute atomic E-state index is 15.0.